The Morgan fingerprint density at radius 3 is 2.71 bits per heavy atom. The molecule has 0 saturated carbocycles. The molecule has 1 atom stereocenters. The summed E-state index contributed by atoms with van der Waals surface area (Å²) in [6.45, 7) is 0.713. The Labute approximate surface area is 89.5 Å². The molecule has 1 aliphatic heterocycles. The quantitative estimate of drug-likeness (QED) is 0.687. The molecule has 0 N–H and O–H groups in total. The van der Waals surface area contributed by atoms with Crippen molar-refractivity contribution < 1.29 is 4.74 Å². The molecule has 1 aliphatic rings. The second-order valence-electron chi connectivity index (χ2n) is 3.53. The van der Waals surface area contributed by atoms with Gasteiger partial charge in [-0.25, -0.2) is 0 Å². The zero-order valence-corrected chi connectivity index (χ0v) is 8.96. The van der Waals surface area contributed by atoms with E-state index < -0.39 is 0 Å². The maximum atomic E-state index is 5.31. The molecule has 1 aromatic rings. The maximum Gasteiger partial charge on any atom is 0.259 e. The van der Waals surface area contributed by atoms with Gasteiger partial charge in [-0.1, -0.05) is 30.3 Å². The summed E-state index contributed by atoms with van der Waals surface area (Å²) in [6.07, 6.45) is 0.997. The minimum absolute atomic E-state index is 0.393. The summed E-state index contributed by atoms with van der Waals surface area (Å²) in [5.41, 5.74) is 1.33. The minimum Gasteiger partial charge on any atom is -0.469 e. The van der Waals surface area contributed by atoms with E-state index in [9.17, 15) is 0 Å². The molecule has 1 aromatic carbocycles. The Morgan fingerprint density at radius 2 is 2.14 bits per heavy atom. The molecule has 74 valence electrons. The predicted molar refractivity (Wildman–Crippen MR) is 60.2 cm³/mol. The van der Waals surface area contributed by atoms with E-state index in [-0.39, 0.29) is 0 Å². The van der Waals surface area contributed by atoms with E-state index >= 15 is 0 Å². The largest absolute Gasteiger partial charge is 0.469 e. The van der Waals surface area contributed by atoms with Crippen molar-refractivity contribution in [3.05, 3.63) is 35.9 Å². The van der Waals surface area contributed by atoms with Gasteiger partial charge in [0.15, 0.2) is 0 Å². The van der Waals surface area contributed by atoms with Gasteiger partial charge in [-0.3, -0.25) is 0 Å². The molecule has 0 aromatic heterocycles. The molecule has 1 fully saturated rings. The summed E-state index contributed by atoms with van der Waals surface area (Å²) in [5.74, 6) is 0. The number of rotatable bonds is 2. The minimum atomic E-state index is 0.393. The van der Waals surface area contributed by atoms with Crippen molar-refractivity contribution in [1.29, 1.82) is 0 Å². The predicted octanol–water partition coefficient (Wildman–Crippen LogP) is 1.84. The summed E-state index contributed by atoms with van der Waals surface area (Å²) in [4.78, 5) is 2.03. The lowest BCUT2D eigenvalue weighted by atomic mass is 10.1. The van der Waals surface area contributed by atoms with E-state index in [0.717, 1.165) is 6.42 Å². The van der Waals surface area contributed by atoms with E-state index in [0.29, 0.717) is 17.8 Å². The van der Waals surface area contributed by atoms with Gasteiger partial charge in [0.2, 0.25) is 0 Å². The van der Waals surface area contributed by atoms with Gasteiger partial charge in [-0.2, -0.15) is 0 Å². The SMILES string of the molecule is CN1C(=S)OC[C@@H]1Cc1ccccc1. The molecule has 0 aliphatic carbocycles. The first kappa shape index (κ1) is 9.46. The highest BCUT2D eigenvalue weighted by Gasteiger charge is 2.26. The Balaban J connectivity index is 2.02. The number of likely N-dealkylation sites (N-methyl/N-ethyl adjacent to an activating group) is 1. The smallest absolute Gasteiger partial charge is 0.259 e. The fraction of sp³-hybridized carbons (Fsp3) is 0.364. The third kappa shape index (κ3) is 1.87. The molecule has 0 amide bonds. The molecule has 2 nitrogen and oxygen atoms in total. The summed E-state index contributed by atoms with van der Waals surface area (Å²) >= 11 is 5.04. The van der Waals surface area contributed by atoms with E-state index in [1.807, 2.05) is 18.0 Å². The monoisotopic (exact) mass is 207 g/mol. The zero-order chi connectivity index (χ0) is 9.97. The van der Waals surface area contributed by atoms with Crippen molar-refractivity contribution in [2.24, 2.45) is 0 Å². The van der Waals surface area contributed by atoms with Crippen LogP contribution in [0.3, 0.4) is 0 Å². The van der Waals surface area contributed by atoms with Crippen LogP contribution in [-0.2, 0) is 11.2 Å². The van der Waals surface area contributed by atoms with Crippen LogP contribution in [0, 0.1) is 0 Å². The molecule has 3 heteroatoms. The molecule has 2 rings (SSSR count). The first-order valence-electron chi connectivity index (χ1n) is 4.71. The Morgan fingerprint density at radius 1 is 1.43 bits per heavy atom. The second-order valence-corrected chi connectivity index (χ2v) is 3.88. The van der Waals surface area contributed by atoms with Gasteiger partial charge in [0.1, 0.15) is 6.61 Å². The number of ether oxygens (including phenoxy) is 1. The van der Waals surface area contributed by atoms with Crippen molar-refractivity contribution in [2.75, 3.05) is 13.7 Å². The molecule has 0 unspecified atom stereocenters. The molecule has 1 saturated heterocycles. The van der Waals surface area contributed by atoms with Crippen LogP contribution >= 0.6 is 12.2 Å². The van der Waals surface area contributed by atoms with Crippen LogP contribution in [0.5, 0.6) is 0 Å². The molecular weight excluding hydrogens is 194 g/mol. The molecule has 0 bridgehead atoms. The highest BCUT2D eigenvalue weighted by atomic mass is 32.1. The summed E-state index contributed by atoms with van der Waals surface area (Å²) in [6, 6.07) is 10.8. The highest BCUT2D eigenvalue weighted by Crippen LogP contribution is 2.14. The summed E-state index contributed by atoms with van der Waals surface area (Å²) in [5, 5.41) is 0.617. The average molecular weight is 207 g/mol. The molecule has 1 heterocycles. The van der Waals surface area contributed by atoms with E-state index in [1.165, 1.54) is 5.56 Å². The molecular formula is C11H13NOS. The highest BCUT2D eigenvalue weighted by molar-refractivity contribution is 7.80. The van der Waals surface area contributed by atoms with Crippen LogP contribution < -0.4 is 0 Å². The van der Waals surface area contributed by atoms with Gasteiger partial charge >= 0.3 is 0 Å². The summed E-state index contributed by atoms with van der Waals surface area (Å²) in [7, 11) is 1.99. The normalized spacial score (nSPS) is 21.1. The first-order valence-corrected chi connectivity index (χ1v) is 5.11. The third-order valence-corrected chi connectivity index (χ3v) is 2.95. The van der Waals surface area contributed by atoms with Gasteiger partial charge < -0.3 is 9.64 Å². The van der Waals surface area contributed by atoms with Gasteiger partial charge in [-0.05, 0) is 24.2 Å². The standard InChI is InChI=1S/C11H13NOS/c1-12-10(8-13-11(12)14)7-9-5-3-2-4-6-9/h2-6,10H,7-8H2,1H3/t10-/m0/s1. The lowest BCUT2D eigenvalue weighted by Crippen LogP contribution is -2.30. The Bertz CT molecular complexity index is 325. The molecule has 14 heavy (non-hydrogen) atoms. The van der Waals surface area contributed by atoms with Crippen molar-refractivity contribution in [3.8, 4) is 0 Å². The van der Waals surface area contributed by atoms with E-state index in [4.69, 9.17) is 17.0 Å². The van der Waals surface area contributed by atoms with Crippen molar-refractivity contribution in [2.45, 2.75) is 12.5 Å². The number of nitrogens with zero attached hydrogens (tertiary/aromatic N) is 1. The molecule has 0 spiro atoms. The zero-order valence-electron chi connectivity index (χ0n) is 8.14. The van der Waals surface area contributed by atoms with Gasteiger partial charge in [0.25, 0.3) is 5.17 Å². The maximum absolute atomic E-state index is 5.31. The number of hydrogen-bond donors (Lipinski definition) is 0. The van der Waals surface area contributed by atoms with Gasteiger partial charge in [-0.15, -0.1) is 0 Å². The fourth-order valence-corrected chi connectivity index (χ4v) is 1.83. The lowest BCUT2D eigenvalue weighted by molar-refractivity contribution is 0.319. The van der Waals surface area contributed by atoms with Crippen LogP contribution in [0.15, 0.2) is 30.3 Å². The number of thiocarbonyl (C=S) groups is 1. The fourth-order valence-electron chi connectivity index (χ4n) is 1.61. The van der Waals surface area contributed by atoms with Crippen molar-refractivity contribution in [3.63, 3.8) is 0 Å². The second kappa shape index (κ2) is 3.96. The number of hydrogen-bond acceptors (Lipinski definition) is 2. The van der Waals surface area contributed by atoms with Crippen LogP contribution in [0.1, 0.15) is 5.56 Å². The third-order valence-electron chi connectivity index (χ3n) is 2.55. The topological polar surface area (TPSA) is 12.5 Å². The number of benzene rings is 1. The van der Waals surface area contributed by atoms with Crippen LogP contribution in [0.2, 0.25) is 0 Å². The van der Waals surface area contributed by atoms with Crippen LogP contribution in [-0.4, -0.2) is 29.8 Å². The Hall–Kier alpha value is -1.09. The van der Waals surface area contributed by atoms with Crippen LogP contribution in [0.25, 0.3) is 0 Å². The average Bonchev–Trinajstić information content (AvgIpc) is 2.52. The van der Waals surface area contributed by atoms with E-state index in [2.05, 4.69) is 24.3 Å². The first-order chi connectivity index (χ1) is 6.77. The lowest BCUT2D eigenvalue weighted by Gasteiger charge is -2.17. The van der Waals surface area contributed by atoms with Crippen LogP contribution in [0.4, 0.5) is 0 Å². The van der Waals surface area contributed by atoms with Gasteiger partial charge in [0, 0.05) is 7.05 Å². The van der Waals surface area contributed by atoms with Gasteiger partial charge in [0.05, 0.1) is 6.04 Å². The molecule has 0 radical (unpaired) electrons. The van der Waals surface area contributed by atoms with E-state index in [1.54, 1.807) is 0 Å². The van der Waals surface area contributed by atoms with Crippen molar-refractivity contribution in [1.82, 2.24) is 4.90 Å². The summed E-state index contributed by atoms with van der Waals surface area (Å²) < 4.78 is 5.31. The Kier molecular flexibility index (Phi) is 2.68. The van der Waals surface area contributed by atoms with Crippen molar-refractivity contribution >= 4 is 17.4 Å².